The van der Waals surface area contributed by atoms with Gasteiger partial charge in [-0.1, -0.05) is 123 Å². The Bertz CT molecular complexity index is 1480. The summed E-state index contributed by atoms with van der Waals surface area (Å²) in [4.78, 5) is 24.3. The van der Waals surface area contributed by atoms with E-state index in [0.717, 1.165) is 46.4 Å². The van der Waals surface area contributed by atoms with Gasteiger partial charge < -0.3 is 0 Å². The molecule has 45 heavy (non-hydrogen) atoms. The number of carbonyl (C=O) groups excluding carboxylic acids is 2. The normalized spacial score (nSPS) is 21.3. The van der Waals surface area contributed by atoms with Crippen molar-refractivity contribution in [1.29, 1.82) is 0 Å². The first-order valence-electron chi connectivity index (χ1n) is 15.5. The van der Waals surface area contributed by atoms with Crippen LogP contribution in [0.5, 0.6) is 0 Å². The van der Waals surface area contributed by atoms with Crippen molar-refractivity contribution < 1.29 is 22.8 Å². The van der Waals surface area contributed by atoms with Gasteiger partial charge in [0.1, 0.15) is 0 Å². The van der Waals surface area contributed by atoms with Crippen molar-refractivity contribution in [2.45, 2.75) is 94.2 Å². The van der Waals surface area contributed by atoms with Crippen LogP contribution in [-0.2, 0) is 9.59 Å². The summed E-state index contributed by atoms with van der Waals surface area (Å²) in [5.74, 6) is 0.219. The summed E-state index contributed by atoms with van der Waals surface area (Å²) in [6, 6.07) is 0. The first kappa shape index (κ1) is 37.5. The summed E-state index contributed by atoms with van der Waals surface area (Å²) in [6.45, 7) is 17.7. The number of carbonyl (C=O) groups is 2. The molecular formula is C40H49F3O2. The minimum Gasteiger partial charge on any atom is -0.295 e. The number of Topliss-reactive ketones (excluding diaryl/α,β-unsaturated/α-hetero) is 2. The smallest absolute Gasteiger partial charge is 0.295 e. The van der Waals surface area contributed by atoms with Gasteiger partial charge in [0.25, 0.3) is 0 Å². The molecule has 0 amide bonds. The zero-order valence-electron chi connectivity index (χ0n) is 28.4. The van der Waals surface area contributed by atoms with Crippen LogP contribution in [0.1, 0.15) is 88.0 Å². The summed E-state index contributed by atoms with van der Waals surface area (Å²) < 4.78 is 41.1. The maximum Gasteiger partial charge on any atom is 0.416 e. The van der Waals surface area contributed by atoms with Crippen LogP contribution in [0.3, 0.4) is 0 Å². The predicted octanol–water partition coefficient (Wildman–Crippen LogP) is 11.5. The van der Waals surface area contributed by atoms with Crippen LogP contribution in [-0.4, -0.2) is 17.7 Å². The third-order valence-electron chi connectivity index (χ3n) is 8.51. The van der Waals surface area contributed by atoms with Crippen LogP contribution in [0.25, 0.3) is 0 Å². The molecule has 0 spiro atoms. The van der Waals surface area contributed by atoms with Gasteiger partial charge in [0.05, 0.1) is 5.57 Å². The average molecular weight is 619 g/mol. The number of hydrogen-bond donors (Lipinski definition) is 0. The van der Waals surface area contributed by atoms with E-state index >= 15 is 0 Å². The highest BCUT2D eigenvalue weighted by molar-refractivity contribution is 5.97. The molecule has 0 N–H and O–H groups in total. The molecule has 0 saturated heterocycles. The van der Waals surface area contributed by atoms with Crippen molar-refractivity contribution in [3.8, 4) is 0 Å². The molecule has 0 radical (unpaired) electrons. The molecule has 0 aromatic carbocycles. The van der Waals surface area contributed by atoms with Crippen LogP contribution in [0, 0.1) is 10.8 Å². The van der Waals surface area contributed by atoms with Gasteiger partial charge in [-0.3, -0.25) is 9.59 Å². The van der Waals surface area contributed by atoms with Gasteiger partial charge in [-0.15, -0.1) is 0 Å². The quantitative estimate of drug-likeness (QED) is 0.228. The van der Waals surface area contributed by atoms with Gasteiger partial charge in [0.15, 0.2) is 11.6 Å². The molecule has 0 heterocycles. The van der Waals surface area contributed by atoms with E-state index in [2.05, 4.69) is 19.9 Å². The molecule has 2 rings (SSSR count). The van der Waals surface area contributed by atoms with Gasteiger partial charge in [0.2, 0.25) is 0 Å². The summed E-state index contributed by atoms with van der Waals surface area (Å²) in [6.07, 6.45) is 22.2. The fraction of sp³-hybridized carbons (Fsp3) is 0.400. The molecule has 0 aromatic rings. The summed E-state index contributed by atoms with van der Waals surface area (Å²) in [5.41, 5.74) is 4.93. The van der Waals surface area contributed by atoms with Gasteiger partial charge >= 0.3 is 6.18 Å². The predicted molar refractivity (Wildman–Crippen MR) is 183 cm³/mol. The van der Waals surface area contributed by atoms with E-state index in [9.17, 15) is 22.8 Å². The highest BCUT2D eigenvalue weighted by atomic mass is 19.4. The van der Waals surface area contributed by atoms with Gasteiger partial charge in [-0.2, -0.15) is 13.2 Å². The van der Waals surface area contributed by atoms with E-state index in [1.807, 2.05) is 90.2 Å². The Morgan fingerprint density at radius 3 is 1.42 bits per heavy atom. The molecular weight excluding hydrogens is 569 g/mol. The van der Waals surface area contributed by atoms with Gasteiger partial charge in [0, 0.05) is 12.8 Å². The van der Waals surface area contributed by atoms with Gasteiger partial charge in [-0.05, 0) is 86.7 Å². The van der Waals surface area contributed by atoms with E-state index in [-0.39, 0.29) is 22.4 Å². The first-order chi connectivity index (χ1) is 20.8. The standard InChI is InChI=1S/C40H49F3O2/c1-28(16-12-17-30(3)20-22-34-31(4)36(44)24-26-38(34,6)7)14-10-11-15-29(2)18-13-19-33(40(41,42)43)21-23-35-32(5)37(45)25-27-39(35,8)9/h10-23H,24-27H2,1-9H3/b11-10+,16-12+,18-13+,22-20+,23-21+,28-14+,29-15+,30-17+,33-19+. The molecule has 242 valence electrons. The van der Waals surface area contributed by atoms with Gasteiger partial charge in [-0.25, -0.2) is 0 Å². The fourth-order valence-electron chi connectivity index (χ4n) is 5.38. The monoisotopic (exact) mass is 618 g/mol. The van der Waals surface area contributed by atoms with Crippen LogP contribution < -0.4 is 0 Å². The number of halogens is 3. The van der Waals surface area contributed by atoms with Crippen molar-refractivity contribution in [2.24, 2.45) is 10.8 Å². The highest BCUT2D eigenvalue weighted by Gasteiger charge is 2.34. The van der Waals surface area contributed by atoms with E-state index < -0.39 is 11.7 Å². The fourth-order valence-corrected chi connectivity index (χ4v) is 5.38. The lowest BCUT2D eigenvalue weighted by molar-refractivity contribution is -0.117. The summed E-state index contributed by atoms with van der Waals surface area (Å²) in [7, 11) is 0. The second kappa shape index (κ2) is 16.0. The van der Waals surface area contributed by atoms with E-state index in [4.69, 9.17) is 0 Å². The van der Waals surface area contributed by atoms with Crippen LogP contribution in [0.4, 0.5) is 13.2 Å². The molecule has 5 heteroatoms. The molecule has 0 saturated carbocycles. The lowest BCUT2D eigenvalue weighted by atomic mass is 9.72. The maximum atomic E-state index is 13.7. The molecule has 2 aliphatic rings. The molecule has 0 fully saturated rings. The Labute approximate surface area is 268 Å². The van der Waals surface area contributed by atoms with Crippen molar-refractivity contribution >= 4 is 11.6 Å². The van der Waals surface area contributed by atoms with Crippen molar-refractivity contribution in [2.75, 3.05) is 0 Å². The third kappa shape index (κ3) is 11.6. The minimum absolute atomic E-state index is 0.00813. The number of ketones is 2. The van der Waals surface area contributed by atoms with E-state index in [1.165, 1.54) is 12.2 Å². The molecule has 0 aliphatic heterocycles. The highest BCUT2D eigenvalue weighted by Crippen LogP contribution is 2.41. The third-order valence-corrected chi connectivity index (χ3v) is 8.51. The Kier molecular flexibility index (Phi) is 13.3. The topological polar surface area (TPSA) is 34.1 Å². The molecule has 0 unspecified atom stereocenters. The Morgan fingerprint density at radius 2 is 0.978 bits per heavy atom. The van der Waals surface area contributed by atoms with Crippen molar-refractivity contribution in [1.82, 2.24) is 0 Å². The van der Waals surface area contributed by atoms with Crippen LogP contribution in [0.2, 0.25) is 0 Å². The SMILES string of the molecule is CC1=C(/C=C/C(C)=C/C=C/C(C)=C/C=C/C=C(C)/C=C/C=C(\C=C\C2=C(C)C(=O)CCC2(C)C)C(F)(F)F)C(C)(C)CCC1=O. The van der Waals surface area contributed by atoms with E-state index in [1.54, 1.807) is 13.0 Å². The summed E-state index contributed by atoms with van der Waals surface area (Å²) in [5, 5.41) is 0. The van der Waals surface area contributed by atoms with E-state index in [0.29, 0.717) is 30.4 Å². The van der Waals surface area contributed by atoms with Crippen molar-refractivity contribution in [3.63, 3.8) is 0 Å². The largest absolute Gasteiger partial charge is 0.416 e. The lowest BCUT2D eigenvalue weighted by Gasteiger charge is -2.32. The molecule has 0 aromatic heterocycles. The first-order valence-corrected chi connectivity index (χ1v) is 15.5. The Balaban J connectivity index is 2.04. The second-order valence-corrected chi connectivity index (χ2v) is 13.3. The average Bonchev–Trinajstić information content (AvgIpc) is 2.93. The summed E-state index contributed by atoms with van der Waals surface area (Å²) >= 11 is 0. The van der Waals surface area contributed by atoms with Crippen LogP contribution in [0.15, 0.2) is 130 Å². The number of hydrogen-bond acceptors (Lipinski definition) is 2. The number of allylic oxidation sites excluding steroid dienone is 22. The Morgan fingerprint density at radius 1 is 0.600 bits per heavy atom. The molecule has 2 nitrogen and oxygen atoms in total. The van der Waals surface area contributed by atoms with Crippen LogP contribution >= 0.6 is 0 Å². The molecule has 0 atom stereocenters. The second-order valence-electron chi connectivity index (χ2n) is 13.3. The zero-order chi connectivity index (χ0) is 34.0. The Hall–Kier alpha value is -3.73. The lowest BCUT2D eigenvalue weighted by Crippen LogP contribution is -2.24. The van der Waals surface area contributed by atoms with Crippen molar-refractivity contribution in [3.05, 3.63) is 130 Å². The maximum absolute atomic E-state index is 13.7. The number of alkyl halides is 3. The zero-order valence-corrected chi connectivity index (χ0v) is 28.4. The minimum atomic E-state index is -4.52. The molecule has 2 aliphatic carbocycles. The molecule has 0 bridgehead atoms. The number of rotatable bonds is 10.